The van der Waals surface area contributed by atoms with E-state index in [0.29, 0.717) is 38.6 Å². The number of piperidine rings is 1. The minimum absolute atomic E-state index is 0.0246. The fourth-order valence-electron chi connectivity index (χ4n) is 3.35. The van der Waals surface area contributed by atoms with E-state index in [0.717, 1.165) is 5.56 Å². The van der Waals surface area contributed by atoms with Crippen LogP contribution >= 0.6 is 0 Å². The van der Waals surface area contributed by atoms with Crippen molar-refractivity contribution in [3.05, 3.63) is 35.9 Å². The summed E-state index contributed by atoms with van der Waals surface area (Å²) in [6.45, 7) is 2.42. The smallest absolute Gasteiger partial charge is 0.312 e. The van der Waals surface area contributed by atoms with Crippen molar-refractivity contribution in [1.82, 2.24) is 4.90 Å². The first kappa shape index (κ1) is 17.5. The fraction of sp³-hybridized carbons (Fsp3) is 0.556. The molecule has 2 rings (SSSR count). The van der Waals surface area contributed by atoms with Crippen molar-refractivity contribution in [1.29, 1.82) is 0 Å². The van der Waals surface area contributed by atoms with Gasteiger partial charge in [0.2, 0.25) is 5.91 Å². The van der Waals surface area contributed by atoms with Crippen molar-refractivity contribution in [3.8, 4) is 0 Å². The van der Waals surface area contributed by atoms with Gasteiger partial charge in [-0.05, 0) is 24.8 Å². The van der Waals surface area contributed by atoms with E-state index in [2.05, 4.69) is 0 Å². The number of nitrogens with zero attached hydrogens (tertiary/aromatic N) is 1. The van der Waals surface area contributed by atoms with Crippen molar-refractivity contribution in [2.75, 3.05) is 13.1 Å². The summed E-state index contributed by atoms with van der Waals surface area (Å²) in [5.41, 5.74) is -0.00501. The molecule has 1 aromatic rings. The second kappa shape index (κ2) is 7.59. The molecule has 0 unspecified atom stereocenters. The summed E-state index contributed by atoms with van der Waals surface area (Å²) < 4.78 is 0. The van der Waals surface area contributed by atoms with Gasteiger partial charge in [-0.25, -0.2) is 0 Å². The summed E-state index contributed by atoms with van der Waals surface area (Å²) in [6, 6.07) is 9.78. The molecular formula is C18H25NO4. The van der Waals surface area contributed by atoms with Gasteiger partial charge in [0.05, 0.1) is 11.5 Å². The van der Waals surface area contributed by atoms with Crippen LogP contribution in [0.15, 0.2) is 30.3 Å². The van der Waals surface area contributed by atoms with Gasteiger partial charge in [-0.1, -0.05) is 43.7 Å². The summed E-state index contributed by atoms with van der Waals surface area (Å²) in [4.78, 5) is 25.5. The molecule has 5 heteroatoms. The van der Waals surface area contributed by atoms with Crippen molar-refractivity contribution < 1.29 is 19.8 Å². The van der Waals surface area contributed by atoms with Crippen LogP contribution in [0.2, 0.25) is 0 Å². The number of hydrogen-bond acceptors (Lipinski definition) is 3. The molecule has 1 saturated heterocycles. The van der Waals surface area contributed by atoms with Crippen LogP contribution in [0, 0.1) is 5.41 Å². The molecule has 1 heterocycles. The topological polar surface area (TPSA) is 77.8 Å². The molecule has 0 bridgehead atoms. The predicted molar refractivity (Wildman–Crippen MR) is 86.9 cm³/mol. The van der Waals surface area contributed by atoms with Gasteiger partial charge >= 0.3 is 5.97 Å². The van der Waals surface area contributed by atoms with Crippen LogP contribution in [0.5, 0.6) is 0 Å². The number of amides is 1. The Hall–Kier alpha value is -1.88. The molecule has 0 radical (unpaired) electrons. The lowest BCUT2D eigenvalue weighted by molar-refractivity contribution is -0.167. The number of aliphatic hydroxyl groups excluding tert-OH is 1. The highest BCUT2D eigenvalue weighted by Gasteiger charge is 2.48. The van der Waals surface area contributed by atoms with E-state index in [1.165, 1.54) is 0 Å². The van der Waals surface area contributed by atoms with Crippen LogP contribution in [0.1, 0.15) is 38.2 Å². The van der Waals surface area contributed by atoms with E-state index in [1.807, 2.05) is 37.3 Å². The van der Waals surface area contributed by atoms with E-state index in [-0.39, 0.29) is 12.5 Å². The van der Waals surface area contributed by atoms with Crippen molar-refractivity contribution in [3.63, 3.8) is 0 Å². The monoisotopic (exact) mass is 319 g/mol. The minimum atomic E-state index is -1.11. The highest BCUT2D eigenvalue weighted by Crippen LogP contribution is 2.37. The first-order valence-electron chi connectivity index (χ1n) is 8.23. The average molecular weight is 319 g/mol. The number of likely N-dealkylation sites (tertiary alicyclic amines) is 1. The molecule has 1 aliphatic rings. The molecular weight excluding hydrogens is 294 g/mol. The fourth-order valence-corrected chi connectivity index (χ4v) is 3.35. The van der Waals surface area contributed by atoms with Gasteiger partial charge in [0.15, 0.2) is 0 Å². The Bertz CT molecular complexity index is 545. The van der Waals surface area contributed by atoms with E-state index in [9.17, 15) is 19.8 Å². The predicted octanol–water partition coefficient (Wildman–Crippen LogP) is 2.08. The van der Waals surface area contributed by atoms with Gasteiger partial charge in [-0.15, -0.1) is 0 Å². The van der Waals surface area contributed by atoms with E-state index in [4.69, 9.17) is 0 Å². The Morgan fingerprint density at radius 1 is 1.30 bits per heavy atom. The number of aryl methyl sites for hydroxylation is 1. The molecule has 2 N–H and O–H groups in total. The third kappa shape index (κ3) is 3.91. The number of carboxylic acids is 1. The Balaban J connectivity index is 1.93. The molecule has 0 spiro atoms. The van der Waals surface area contributed by atoms with Crippen LogP contribution in [-0.2, 0) is 16.0 Å². The first-order chi connectivity index (χ1) is 11.0. The third-order valence-electron chi connectivity index (χ3n) is 4.80. The summed E-state index contributed by atoms with van der Waals surface area (Å²) >= 11 is 0. The number of carboxylic acid groups (broad SMARTS) is 1. The van der Waals surface area contributed by atoms with E-state index >= 15 is 0 Å². The average Bonchev–Trinajstić information content (AvgIpc) is 2.55. The lowest BCUT2D eigenvalue weighted by Crippen LogP contribution is -2.56. The number of hydrogen-bond donors (Lipinski definition) is 2. The van der Waals surface area contributed by atoms with Gasteiger partial charge in [0, 0.05) is 19.5 Å². The summed E-state index contributed by atoms with van der Waals surface area (Å²) in [5.74, 6) is -0.980. The number of aliphatic carboxylic acids is 1. The van der Waals surface area contributed by atoms with Gasteiger partial charge in [-0.3, -0.25) is 9.59 Å². The van der Waals surface area contributed by atoms with Gasteiger partial charge in [-0.2, -0.15) is 0 Å². The van der Waals surface area contributed by atoms with Crippen molar-refractivity contribution in [2.24, 2.45) is 5.41 Å². The standard InChI is InChI=1S/C18H25NO4/c1-2-10-18(17(22)23)11-12-19(13-15(18)20)16(21)9-8-14-6-4-3-5-7-14/h3-7,15,20H,2,8-13H2,1H3,(H,22,23)/t15-,18-/m0/s1. The van der Waals surface area contributed by atoms with Crippen molar-refractivity contribution >= 4 is 11.9 Å². The quantitative estimate of drug-likeness (QED) is 0.841. The van der Waals surface area contributed by atoms with Crippen LogP contribution in [-0.4, -0.2) is 46.2 Å². The lowest BCUT2D eigenvalue weighted by atomic mass is 9.72. The zero-order chi connectivity index (χ0) is 16.9. The third-order valence-corrected chi connectivity index (χ3v) is 4.80. The molecule has 1 aromatic carbocycles. The molecule has 1 fully saturated rings. The molecule has 1 amide bonds. The summed E-state index contributed by atoms with van der Waals surface area (Å²) in [7, 11) is 0. The zero-order valence-corrected chi connectivity index (χ0v) is 13.6. The Morgan fingerprint density at radius 2 is 2.00 bits per heavy atom. The van der Waals surface area contributed by atoms with E-state index in [1.54, 1.807) is 4.90 Å². The molecule has 126 valence electrons. The van der Waals surface area contributed by atoms with Crippen LogP contribution in [0.4, 0.5) is 0 Å². The largest absolute Gasteiger partial charge is 0.481 e. The number of β-amino-alcohol motifs (C(OH)–C–C–N with tert-alkyl or cyclic N) is 1. The van der Waals surface area contributed by atoms with Crippen LogP contribution < -0.4 is 0 Å². The zero-order valence-electron chi connectivity index (χ0n) is 13.6. The molecule has 0 saturated carbocycles. The maximum atomic E-state index is 12.3. The number of aliphatic hydroxyl groups is 1. The molecule has 0 aromatic heterocycles. The second-order valence-corrected chi connectivity index (χ2v) is 6.30. The highest BCUT2D eigenvalue weighted by atomic mass is 16.4. The molecule has 5 nitrogen and oxygen atoms in total. The van der Waals surface area contributed by atoms with Gasteiger partial charge < -0.3 is 15.1 Å². The number of carbonyl (C=O) groups is 2. The molecule has 23 heavy (non-hydrogen) atoms. The number of rotatable bonds is 6. The number of carbonyl (C=O) groups excluding carboxylic acids is 1. The van der Waals surface area contributed by atoms with Gasteiger partial charge in [0.1, 0.15) is 0 Å². The Kier molecular flexibility index (Phi) is 5.77. The van der Waals surface area contributed by atoms with Crippen LogP contribution in [0.25, 0.3) is 0 Å². The van der Waals surface area contributed by atoms with E-state index < -0.39 is 17.5 Å². The number of benzene rings is 1. The highest BCUT2D eigenvalue weighted by molar-refractivity contribution is 5.79. The Labute approximate surface area is 136 Å². The van der Waals surface area contributed by atoms with Gasteiger partial charge in [0.25, 0.3) is 0 Å². The first-order valence-corrected chi connectivity index (χ1v) is 8.23. The molecule has 2 atom stereocenters. The summed E-state index contributed by atoms with van der Waals surface area (Å²) in [6.07, 6.45) is 1.49. The minimum Gasteiger partial charge on any atom is -0.481 e. The molecule has 0 aliphatic carbocycles. The van der Waals surface area contributed by atoms with Crippen LogP contribution in [0.3, 0.4) is 0 Å². The van der Waals surface area contributed by atoms with Crippen molar-refractivity contribution in [2.45, 2.75) is 45.1 Å². The lowest BCUT2D eigenvalue weighted by Gasteiger charge is -2.42. The maximum Gasteiger partial charge on any atom is 0.312 e. The summed E-state index contributed by atoms with van der Waals surface area (Å²) in [5, 5.41) is 19.9. The SMILES string of the molecule is CCC[C@]1(C(=O)O)CCN(C(=O)CCc2ccccc2)C[C@@H]1O. The second-order valence-electron chi connectivity index (χ2n) is 6.30. The molecule has 1 aliphatic heterocycles. The Morgan fingerprint density at radius 3 is 2.57 bits per heavy atom. The maximum absolute atomic E-state index is 12.3. The normalized spacial score (nSPS) is 24.4.